The van der Waals surface area contributed by atoms with Crippen LogP contribution in [-0.4, -0.2) is 67.1 Å². The lowest BCUT2D eigenvalue weighted by Gasteiger charge is -2.25. The van der Waals surface area contributed by atoms with Crippen LogP contribution in [0.5, 0.6) is 5.75 Å². The van der Waals surface area contributed by atoms with Crippen LogP contribution in [-0.2, 0) is 4.79 Å². The fourth-order valence-corrected chi connectivity index (χ4v) is 3.96. The van der Waals surface area contributed by atoms with Gasteiger partial charge in [-0.1, -0.05) is 24.8 Å². The Morgan fingerprint density at radius 2 is 1.97 bits per heavy atom. The Morgan fingerprint density at radius 1 is 1.16 bits per heavy atom. The minimum atomic E-state index is -0.328. The van der Waals surface area contributed by atoms with E-state index in [1.165, 1.54) is 6.08 Å². The molecule has 1 amide bonds. The number of carbonyl (C=O) groups excluding carboxylic acids is 1. The highest BCUT2D eigenvalue weighted by molar-refractivity contribution is 6.02. The maximum absolute atomic E-state index is 12.4. The van der Waals surface area contributed by atoms with Gasteiger partial charge in [-0.3, -0.25) is 4.79 Å². The topological polar surface area (TPSA) is 98.4 Å². The molecule has 0 fully saturated rings. The second kappa shape index (κ2) is 11.4. The third-order valence-electron chi connectivity index (χ3n) is 5.87. The first-order valence-electron chi connectivity index (χ1n) is 11.8. The van der Waals surface area contributed by atoms with Crippen LogP contribution in [0.1, 0.15) is 0 Å². The summed E-state index contributed by atoms with van der Waals surface area (Å²) < 4.78 is 5.70. The molecule has 0 bridgehead atoms. The summed E-state index contributed by atoms with van der Waals surface area (Å²) in [4.78, 5) is 29.0. The molecular formula is C28H31N7O2. The maximum Gasteiger partial charge on any atom is 0.256 e. The summed E-state index contributed by atoms with van der Waals surface area (Å²) in [6.07, 6.45) is 4.91. The number of carbonyl (C=O) groups is 1. The standard InChI is InChI=1S/C28H31N7O2/c1-6-9-27(36)31-23-16-24(26(37-5)17-25(23)35(4)15-14-34(2)3)33-28-29-13-12-22(32-28)20-18-30-21-11-8-7-10-19(20)21/h7-13,16-18,30H,1,14-15H2,2-5H3,(H,31,36)(H,29,32,33). The van der Waals surface area contributed by atoms with E-state index < -0.39 is 0 Å². The van der Waals surface area contributed by atoms with Crippen LogP contribution in [0.2, 0.25) is 0 Å². The van der Waals surface area contributed by atoms with Gasteiger partial charge in [-0.2, -0.15) is 0 Å². The van der Waals surface area contributed by atoms with Crippen LogP contribution in [0.3, 0.4) is 0 Å². The van der Waals surface area contributed by atoms with Crippen LogP contribution in [0.25, 0.3) is 22.2 Å². The number of fused-ring (bicyclic) bond motifs is 1. The second-order valence-electron chi connectivity index (χ2n) is 8.77. The van der Waals surface area contributed by atoms with Gasteiger partial charge in [0.1, 0.15) is 5.75 Å². The lowest BCUT2D eigenvalue weighted by molar-refractivity contribution is -0.111. The minimum absolute atomic E-state index is 0.328. The van der Waals surface area contributed by atoms with Crippen molar-refractivity contribution in [2.45, 2.75) is 0 Å². The van der Waals surface area contributed by atoms with Gasteiger partial charge < -0.3 is 30.2 Å². The summed E-state index contributed by atoms with van der Waals surface area (Å²) in [7, 11) is 7.61. The second-order valence-corrected chi connectivity index (χ2v) is 8.77. The first-order valence-corrected chi connectivity index (χ1v) is 11.8. The van der Waals surface area contributed by atoms with Gasteiger partial charge in [-0.25, -0.2) is 9.97 Å². The Hall–Kier alpha value is -4.59. The van der Waals surface area contributed by atoms with Crippen molar-refractivity contribution in [3.63, 3.8) is 0 Å². The number of hydrogen-bond donors (Lipinski definition) is 3. The molecule has 3 N–H and O–H groups in total. The maximum atomic E-state index is 12.4. The summed E-state index contributed by atoms with van der Waals surface area (Å²) in [6.45, 7) is 5.08. The Morgan fingerprint density at radius 3 is 2.73 bits per heavy atom. The van der Waals surface area contributed by atoms with Crippen LogP contribution in [0, 0.1) is 0 Å². The molecular weight excluding hydrogens is 466 g/mol. The Kier molecular flexibility index (Phi) is 7.88. The van der Waals surface area contributed by atoms with Crippen molar-refractivity contribution in [3.8, 4) is 17.0 Å². The van der Waals surface area contributed by atoms with Gasteiger partial charge in [0, 0.05) is 61.1 Å². The molecule has 37 heavy (non-hydrogen) atoms. The lowest BCUT2D eigenvalue weighted by Crippen LogP contribution is -2.29. The van der Waals surface area contributed by atoms with E-state index in [0.717, 1.165) is 40.9 Å². The van der Waals surface area contributed by atoms with Gasteiger partial charge in [-0.05, 0) is 32.3 Å². The molecule has 190 valence electrons. The van der Waals surface area contributed by atoms with Crippen LogP contribution >= 0.6 is 0 Å². The van der Waals surface area contributed by atoms with E-state index in [4.69, 9.17) is 9.72 Å². The third-order valence-corrected chi connectivity index (χ3v) is 5.87. The van der Waals surface area contributed by atoms with Gasteiger partial charge in [0.25, 0.3) is 5.91 Å². The quantitative estimate of drug-likeness (QED) is 0.217. The van der Waals surface area contributed by atoms with Crippen LogP contribution in [0.15, 0.2) is 73.2 Å². The molecule has 0 spiro atoms. The molecule has 0 atom stereocenters. The van der Waals surface area contributed by atoms with Gasteiger partial charge in [0.2, 0.25) is 5.95 Å². The average molecular weight is 498 g/mol. The lowest BCUT2D eigenvalue weighted by atomic mass is 10.1. The van der Waals surface area contributed by atoms with Crippen molar-refractivity contribution in [2.24, 2.45) is 0 Å². The van der Waals surface area contributed by atoms with E-state index in [2.05, 4.69) is 48.8 Å². The van der Waals surface area contributed by atoms with Crippen molar-refractivity contribution in [3.05, 3.63) is 73.2 Å². The van der Waals surface area contributed by atoms with Crippen molar-refractivity contribution in [1.29, 1.82) is 0 Å². The SMILES string of the molecule is C=C=CC(=O)Nc1cc(Nc2nccc(-c3c[nH]c4ccccc34)n2)c(OC)cc1N(C)CCN(C)C. The number of ether oxygens (including phenoxy) is 1. The molecule has 4 aromatic rings. The predicted molar refractivity (Wildman–Crippen MR) is 150 cm³/mol. The Labute approximate surface area is 216 Å². The molecule has 2 aromatic heterocycles. The number of benzene rings is 2. The van der Waals surface area contributed by atoms with Gasteiger partial charge >= 0.3 is 0 Å². The van der Waals surface area contributed by atoms with Crippen molar-refractivity contribution < 1.29 is 9.53 Å². The summed E-state index contributed by atoms with van der Waals surface area (Å²) in [5.74, 6) is 0.661. The van der Waals surface area contributed by atoms with Crippen LogP contribution in [0.4, 0.5) is 23.0 Å². The average Bonchev–Trinajstić information content (AvgIpc) is 3.32. The van der Waals surface area contributed by atoms with Crippen molar-refractivity contribution in [1.82, 2.24) is 19.9 Å². The smallest absolute Gasteiger partial charge is 0.256 e. The fraction of sp³-hybridized carbons (Fsp3) is 0.214. The number of anilines is 4. The molecule has 0 unspecified atom stereocenters. The largest absolute Gasteiger partial charge is 0.494 e. The zero-order valence-corrected chi connectivity index (χ0v) is 21.5. The minimum Gasteiger partial charge on any atom is -0.494 e. The Bertz CT molecular complexity index is 1450. The predicted octanol–water partition coefficient (Wildman–Crippen LogP) is 4.65. The molecule has 2 heterocycles. The molecule has 4 rings (SSSR count). The number of aromatic amines is 1. The number of methoxy groups -OCH3 is 1. The molecule has 0 aliphatic rings. The van der Waals surface area contributed by atoms with E-state index in [-0.39, 0.29) is 5.91 Å². The molecule has 9 nitrogen and oxygen atoms in total. The number of aromatic nitrogens is 3. The number of H-pyrrole nitrogens is 1. The first-order chi connectivity index (χ1) is 17.9. The van der Waals surface area contributed by atoms with E-state index in [9.17, 15) is 4.79 Å². The van der Waals surface area contributed by atoms with Gasteiger partial charge in [0.15, 0.2) is 0 Å². The highest BCUT2D eigenvalue weighted by Gasteiger charge is 2.17. The number of likely N-dealkylation sites (N-methyl/N-ethyl adjacent to an activating group) is 2. The molecule has 0 radical (unpaired) electrons. The van der Waals surface area contributed by atoms with Gasteiger partial charge in [-0.15, -0.1) is 5.73 Å². The summed E-state index contributed by atoms with van der Waals surface area (Å²) in [5.41, 5.74) is 7.34. The third kappa shape index (κ3) is 5.98. The first kappa shape index (κ1) is 25.5. The highest BCUT2D eigenvalue weighted by Crippen LogP contribution is 2.38. The summed E-state index contributed by atoms with van der Waals surface area (Å²) in [6, 6.07) is 13.6. The monoisotopic (exact) mass is 497 g/mol. The zero-order chi connectivity index (χ0) is 26.4. The number of rotatable bonds is 10. The molecule has 0 saturated heterocycles. The number of hydrogen-bond acceptors (Lipinski definition) is 7. The number of amides is 1. The molecule has 0 saturated carbocycles. The summed E-state index contributed by atoms with van der Waals surface area (Å²) >= 11 is 0. The highest BCUT2D eigenvalue weighted by atomic mass is 16.5. The molecule has 2 aromatic carbocycles. The van der Waals surface area contributed by atoms with E-state index in [1.54, 1.807) is 13.3 Å². The van der Waals surface area contributed by atoms with Crippen LogP contribution < -0.4 is 20.3 Å². The number of para-hydroxylation sites is 1. The van der Waals surface area contributed by atoms with E-state index in [1.807, 2.05) is 63.7 Å². The molecule has 0 aliphatic carbocycles. The number of nitrogens with one attached hydrogen (secondary N) is 3. The Balaban J connectivity index is 1.70. The summed E-state index contributed by atoms with van der Waals surface area (Å²) in [5, 5.41) is 7.26. The van der Waals surface area contributed by atoms with Crippen molar-refractivity contribution >= 4 is 39.8 Å². The number of nitrogens with zero attached hydrogens (tertiary/aromatic N) is 4. The van der Waals surface area contributed by atoms with E-state index >= 15 is 0 Å². The zero-order valence-electron chi connectivity index (χ0n) is 21.5. The normalized spacial score (nSPS) is 10.7. The van der Waals surface area contributed by atoms with Gasteiger partial charge in [0.05, 0.1) is 29.9 Å². The molecule has 0 aliphatic heterocycles. The fourth-order valence-electron chi connectivity index (χ4n) is 3.96. The molecule has 9 heteroatoms. The van der Waals surface area contributed by atoms with Crippen molar-refractivity contribution in [2.75, 3.05) is 56.9 Å². The van der Waals surface area contributed by atoms with E-state index in [0.29, 0.717) is 23.1 Å².